The Morgan fingerprint density at radius 2 is 0.533 bits per heavy atom. The molecular weight excluding hydrogens is 736 g/mol. The van der Waals surface area contributed by atoms with Crippen LogP contribution in [0, 0.1) is 35.1 Å². The molecule has 0 heterocycles. The first kappa shape index (κ1) is 58.1. The Balaban J connectivity index is -0.00000000468. The molecule has 0 atom stereocenters. The predicted molar refractivity (Wildman–Crippen MR) is 46.3 cm³/mol. The standard InChI is InChI=1S/2C4H8.CH3.W.5Y/c2*1-3-4-2;;;;;;;/h2*1-4H2;1H3;;;;;;/q2*-2;-1;+2;;;;;. The molecule has 0 bridgehead atoms. The van der Waals surface area contributed by atoms with Crippen molar-refractivity contribution < 1.29 is 185 Å². The molecule has 0 aromatic heterocycles. The largest absolute Gasteiger partial charge is 2.00 e. The fraction of sp³-hybridized carbons (Fsp3) is 0.444. The van der Waals surface area contributed by atoms with Gasteiger partial charge in [-0.1, -0.05) is 0 Å². The predicted octanol–water partition coefficient (Wildman–Crippen LogP) is 3.30. The van der Waals surface area contributed by atoms with E-state index in [9.17, 15) is 0 Å². The van der Waals surface area contributed by atoms with Gasteiger partial charge in [-0.05, 0) is 0 Å². The minimum absolute atomic E-state index is 0. The van der Waals surface area contributed by atoms with E-state index in [4.69, 9.17) is 0 Å². The normalized spacial score (nSPS) is 4.00. The topological polar surface area (TPSA) is 0 Å². The average Bonchev–Trinajstić information content (AvgIpc) is 1.88. The maximum Gasteiger partial charge on any atom is 2.00 e. The molecule has 0 aliphatic heterocycles. The van der Waals surface area contributed by atoms with Crippen LogP contribution in [0.25, 0.3) is 0 Å². The molecule has 0 saturated heterocycles. The quantitative estimate of drug-likeness (QED) is 0.380. The van der Waals surface area contributed by atoms with Gasteiger partial charge >= 0.3 is 21.1 Å². The fourth-order valence-corrected chi connectivity index (χ4v) is 0. The molecule has 0 aliphatic carbocycles. The molecule has 0 N–H and O–H groups in total. The van der Waals surface area contributed by atoms with Crippen LogP contribution >= 0.6 is 0 Å². The molecule has 0 nitrogen and oxygen atoms in total. The van der Waals surface area contributed by atoms with Crippen LogP contribution in [0.3, 0.4) is 0 Å². The van der Waals surface area contributed by atoms with Crippen LogP contribution in [0.2, 0.25) is 0 Å². The van der Waals surface area contributed by atoms with Gasteiger partial charge in [0.1, 0.15) is 0 Å². The molecule has 79 valence electrons. The zero-order valence-electron chi connectivity index (χ0n) is 9.95. The van der Waals surface area contributed by atoms with E-state index in [1.165, 1.54) is 0 Å². The van der Waals surface area contributed by atoms with Crippen molar-refractivity contribution in [2.75, 3.05) is 0 Å². The van der Waals surface area contributed by atoms with Gasteiger partial charge in [-0.2, -0.15) is 0 Å². The number of hydrogen-bond acceptors (Lipinski definition) is 0. The summed E-state index contributed by atoms with van der Waals surface area (Å²) in [5.74, 6) is 0. The van der Waals surface area contributed by atoms with E-state index in [2.05, 4.69) is 27.7 Å². The van der Waals surface area contributed by atoms with Crippen molar-refractivity contribution in [2.24, 2.45) is 0 Å². The third-order valence-corrected chi connectivity index (χ3v) is 0.500. The summed E-state index contributed by atoms with van der Waals surface area (Å²) in [4.78, 5) is 0. The molecule has 0 spiro atoms. The van der Waals surface area contributed by atoms with Gasteiger partial charge in [0, 0.05) is 164 Å². The Morgan fingerprint density at radius 1 is 0.467 bits per heavy atom. The molecule has 0 unspecified atom stereocenters. The van der Waals surface area contributed by atoms with Crippen LogP contribution in [-0.2, 0) is 185 Å². The van der Waals surface area contributed by atoms with Crippen molar-refractivity contribution >= 4 is 0 Å². The monoisotopic (exact) mass is 756 g/mol. The maximum absolute atomic E-state index is 3.54. The molecule has 0 amide bonds. The molecule has 5 radical (unpaired) electrons. The molecule has 0 fully saturated rings. The molecular formula is C9H19WY5-3. The van der Waals surface area contributed by atoms with Gasteiger partial charge in [-0.15, -0.1) is 0 Å². The molecule has 0 saturated carbocycles. The van der Waals surface area contributed by atoms with Gasteiger partial charge in [0.15, 0.2) is 0 Å². The Bertz CT molecular complexity index is 26.5. The summed E-state index contributed by atoms with van der Waals surface area (Å²) in [6, 6.07) is 0. The van der Waals surface area contributed by atoms with E-state index in [1.807, 2.05) is 0 Å². The second-order valence-electron chi connectivity index (χ2n) is 1.41. The summed E-state index contributed by atoms with van der Waals surface area (Å²) in [5, 5.41) is 0. The minimum atomic E-state index is 0. The number of rotatable bonds is 2. The van der Waals surface area contributed by atoms with Crippen molar-refractivity contribution in [3.63, 3.8) is 0 Å². The molecule has 6 heteroatoms. The fourth-order valence-electron chi connectivity index (χ4n) is 0. The Kier molecular flexibility index (Phi) is 277. The SMILES string of the molecule is [CH2-]CC[CH2-].[CH2-]CC[CH2-].[CH3-].[W+2].[Y].[Y].[Y].[Y].[Y]. The van der Waals surface area contributed by atoms with Crippen LogP contribution in [0.15, 0.2) is 0 Å². The third-order valence-electron chi connectivity index (χ3n) is 0.500. The Labute approximate surface area is 239 Å². The van der Waals surface area contributed by atoms with Gasteiger partial charge in [0.05, 0.1) is 0 Å². The van der Waals surface area contributed by atoms with Crippen LogP contribution in [-0.4, -0.2) is 0 Å². The minimum Gasteiger partial charge on any atom is -0.358 e. The van der Waals surface area contributed by atoms with Crippen molar-refractivity contribution in [2.45, 2.75) is 25.7 Å². The van der Waals surface area contributed by atoms with Crippen LogP contribution < -0.4 is 0 Å². The molecule has 15 heavy (non-hydrogen) atoms. The summed E-state index contributed by atoms with van der Waals surface area (Å²) in [6.07, 6.45) is 3.83. The van der Waals surface area contributed by atoms with Crippen molar-refractivity contribution in [1.29, 1.82) is 0 Å². The number of unbranched alkanes of at least 4 members (excludes halogenated alkanes) is 2. The zero-order chi connectivity index (χ0) is 6.83. The summed E-state index contributed by atoms with van der Waals surface area (Å²) < 4.78 is 0. The smallest absolute Gasteiger partial charge is 0.358 e. The van der Waals surface area contributed by atoms with Gasteiger partial charge in [-0.3, -0.25) is 0 Å². The first-order valence-corrected chi connectivity index (χ1v) is 3.00. The van der Waals surface area contributed by atoms with Gasteiger partial charge in [0.2, 0.25) is 0 Å². The van der Waals surface area contributed by atoms with Gasteiger partial charge in [-0.25, -0.2) is 25.7 Å². The molecule has 0 aromatic rings. The molecule has 0 aromatic carbocycles. The van der Waals surface area contributed by atoms with E-state index in [0.717, 1.165) is 25.7 Å². The van der Waals surface area contributed by atoms with E-state index in [1.54, 1.807) is 0 Å². The van der Waals surface area contributed by atoms with Crippen LogP contribution in [0.1, 0.15) is 25.7 Å². The van der Waals surface area contributed by atoms with Gasteiger partial charge in [0.25, 0.3) is 0 Å². The molecule has 0 rings (SSSR count). The van der Waals surface area contributed by atoms with Crippen LogP contribution in [0.5, 0.6) is 0 Å². The van der Waals surface area contributed by atoms with Crippen molar-refractivity contribution in [3.8, 4) is 0 Å². The first-order chi connectivity index (χ1) is 3.83. The second kappa shape index (κ2) is 71.6. The zero-order valence-corrected chi connectivity index (χ0v) is 27.1. The maximum atomic E-state index is 3.54. The summed E-state index contributed by atoms with van der Waals surface area (Å²) in [6.45, 7) is 14.2. The van der Waals surface area contributed by atoms with Crippen LogP contribution in [0.4, 0.5) is 0 Å². The van der Waals surface area contributed by atoms with Crippen molar-refractivity contribution in [1.82, 2.24) is 0 Å². The Morgan fingerprint density at radius 3 is 0.533 bits per heavy atom. The summed E-state index contributed by atoms with van der Waals surface area (Å²) in [5.41, 5.74) is 0. The summed E-state index contributed by atoms with van der Waals surface area (Å²) in [7, 11) is 0. The second-order valence-corrected chi connectivity index (χ2v) is 1.41. The average molecular weight is 756 g/mol. The van der Waals surface area contributed by atoms with E-state index in [-0.39, 0.29) is 192 Å². The van der Waals surface area contributed by atoms with E-state index in [0.29, 0.717) is 0 Å². The third kappa shape index (κ3) is 99.4. The van der Waals surface area contributed by atoms with E-state index >= 15 is 0 Å². The van der Waals surface area contributed by atoms with Gasteiger partial charge < -0.3 is 35.1 Å². The van der Waals surface area contributed by atoms with Crippen molar-refractivity contribution in [3.05, 3.63) is 35.1 Å². The molecule has 0 aliphatic rings. The van der Waals surface area contributed by atoms with E-state index < -0.39 is 0 Å². The summed E-state index contributed by atoms with van der Waals surface area (Å²) >= 11 is 0. The first-order valence-electron chi connectivity index (χ1n) is 3.00. The Hall–Kier alpha value is 6.21. The number of hydrogen-bond donors (Lipinski definition) is 0.